The fourth-order valence-electron chi connectivity index (χ4n) is 2.47. The van der Waals surface area contributed by atoms with Crippen molar-refractivity contribution in [3.05, 3.63) is 29.1 Å². The highest BCUT2D eigenvalue weighted by Crippen LogP contribution is 2.34. The summed E-state index contributed by atoms with van der Waals surface area (Å²) in [7, 11) is 0. The first kappa shape index (κ1) is 19.4. The van der Waals surface area contributed by atoms with Gasteiger partial charge in [0.2, 0.25) is 5.95 Å². The van der Waals surface area contributed by atoms with Crippen molar-refractivity contribution in [2.45, 2.75) is 50.6 Å². The molecule has 1 aromatic carbocycles. The number of nitrogens with zero attached hydrogens (tertiary/aromatic N) is 3. The topological polar surface area (TPSA) is 94.0 Å². The van der Waals surface area contributed by atoms with Crippen LogP contribution in [0.4, 0.5) is 19.1 Å². The highest BCUT2D eigenvalue weighted by atomic mass is 32.2. The van der Waals surface area contributed by atoms with Crippen LogP contribution in [0.15, 0.2) is 17.0 Å². The Hall–Kier alpha value is -1.94. The standard InChI is InChI=1S/C15H19F3N4O2S/c1-7(2)9-5-10(8(3)4)12(25(23)24)6-11(9)22-14(19)20-13(21-22)15(16,17)18/h5-8H,1-4H3,(H,23,24)(H2,19,20,21). The molecule has 3 N–H and O–H groups in total. The van der Waals surface area contributed by atoms with Gasteiger partial charge in [-0.15, -0.1) is 5.10 Å². The zero-order valence-electron chi connectivity index (χ0n) is 14.1. The Kier molecular flexibility index (Phi) is 5.24. The van der Waals surface area contributed by atoms with E-state index in [2.05, 4.69) is 10.1 Å². The zero-order chi connectivity index (χ0) is 19.1. The minimum absolute atomic E-state index is 0.0449. The van der Waals surface area contributed by atoms with Crippen molar-refractivity contribution in [3.63, 3.8) is 0 Å². The molecule has 1 unspecified atom stereocenters. The summed E-state index contributed by atoms with van der Waals surface area (Å²) in [4.78, 5) is 3.37. The molecule has 0 fully saturated rings. The highest BCUT2D eigenvalue weighted by Gasteiger charge is 2.37. The molecule has 25 heavy (non-hydrogen) atoms. The van der Waals surface area contributed by atoms with Gasteiger partial charge >= 0.3 is 6.18 Å². The van der Waals surface area contributed by atoms with Crippen molar-refractivity contribution >= 4 is 17.0 Å². The van der Waals surface area contributed by atoms with Crippen molar-refractivity contribution in [2.75, 3.05) is 5.73 Å². The minimum Gasteiger partial charge on any atom is -0.368 e. The number of rotatable bonds is 4. The van der Waals surface area contributed by atoms with Gasteiger partial charge in [0.15, 0.2) is 11.1 Å². The van der Waals surface area contributed by atoms with Gasteiger partial charge in [-0.3, -0.25) is 0 Å². The Bertz CT molecular complexity index is 816. The molecule has 0 radical (unpaired) electrons. The Morgan fingerprint density at radius 2 is 1.72 bits per heavy atom. The summed E-state index contributed by atoms with van der Waals surface area (Å²) >= 11 is -2.31. The number of nitrogens with two attached hydrogens (primary N) is 1. The van der Waals surface area contributed by atoms with Gasteiger partial charge in [-0.2, -0.15) is 22.8 Å². The van der Waals surface area contributed by atoms with E-state index in [1.807, 2.05) is 27.7 Å². The molecule has 1 aromatic heterocycles. The molecule has 0 saturated heterocycles. The Morgan fingerprint density at radius 3 is 2.12 bits per heavy atom. The smallest absolute Gasteiger partial charge is 0.368 e. The van der Waals surface area contributed by atoms with E-state index in [0.29, 0.717) is 11.1 Å². The highest BCUT2D eigenvalue weighted by molar-refractivity contribution is 7.79. The van der Waals surface area contributed by atoms with Gasteiger partial charge in [0.05, 0.1) is 10.6 Å². The molecule has 1 heterocycles. The Balaban J connectivity index is 2.78. The van der Waals surface area contributed by atoms with E-state index in [0.717, 1.165) is 4.68 Å². The summed E-state index contributed by atoms with van der Waals surface area (Å²) in [5.41, 5.74) is 7.12. The van der Waals surface area contributed by atoms with Gasteiger partial charge in [-0.05, 0) is 29.0 Å². The van der Waals surface area contributed by atoms with Crippen LogP contribution in [0.2, 0.25) is 0 Å². The summed E-state index contributed by atoms with van der Waals surface area (Å²) in [5, 5.41) is 3.44. The van der Waals surface area contributed by atoms with E-state index >= 15 is 0 Å². The molecule has 2 rings (SSSR count). The first-order valence-electron chi connectivity index (χ1n) is 7.52. The van der Waals surface area contributed by atoms with Gasteiger partial charge in [0.1, 0.15) is 0 Å². The summed E-state index contributed by atoms with van der Waals surface area (Å²) in [6.45, 7) is 7.44. The number of nitrogen functional groups attached to an aromatic ring is 1. The third-order valence-corrected chi connectivity index (χ3v) is 4.43. The lowest BCUT2D eigenvalue weighted by molar-refractivity contribution is -0.144. The molecule has 2 aromatic rings. The largest absolute Gasteiger partial charge is 0.453 e. The van der Waals surface area contributed by atoms with E-state index in [9.17, 15) is 21.9 Å². The predicted molar refractivity (Wildman–Crippen MR) is 88.0 cm³/mol. The predicted octanol–water partition coefficient (Wildman–Crippen LogP) is 3.70. The second kappa shape index (κ2) is 6.75. The maximum Gasteiger partial charge on any atom is 0.453 e. The summed E-state index contributed by atoms with van der Waals surface area (Å²) in [5.74, 6) is -1.93. The first-order valence-corrected chi connectivity index (χ1v) is 8.63. The number of benzene rings is 1. The maximum absolute atomic E-state index is 12.9. The molecule has 0 aliphatic heterocycles. The number of hydrogen-bond donors (Lipinski definition) is 2. The van der Waals surface area contributed by atoms with Gasteiger partial charge < -0.3 is 10.3 Å². The molecule has 0 amide bonds. The third-order valence-electron chi connectivity index (χ3n) is 3.71. The fraction of sp³-hybridized carbons (Fsp3) is 0.467. The van der Waals surface area contributed by atoms with E-state index in [1.54, 1.807) is 6.07 Å². The number of alkyl halides is 3. The van der Waals surface area contributed by atoms with Crippen LogP contribution < -0.4 is 5.73 Å². The van der Waals surface area contributed by atoms with E-state index in [-0.39, 0.29) is 22.4 Å². The average Bonchev–Trinajstić information content (AvgIpc) is 2.87. The van der Waals surface area contributed by atoms with Gasteiger partial charge in [0.25, 0.3) is 5.82 Å². The van der Waals surface area contributed by atoms with Crippen LogP contribution in [0.5, 0.6) is 0 Å². The van der Waals surface area contributed by atoms with Crippen LogP contribution in [0.3, 0.4) is 0 Å². The SMILES string of the molecule is CC(C)c1cc(C(C)C)c(S(=O)O)cc1-n1nc(C(F)(F)F)nc1N. The van der Waals surface area contributed by atoms with Crippen molar-refractivity contribution < 1.29 is 21.9 Å². The Labute approximate surface area is 145 Å². The van der Waals surface area contributed by atoms with Crippen molar-refractivity contribution in [1.82, 2.24) is 14.8 Å². The lowest BCUT2D eigenvalue weighted by Gasteiger charge is -2.19. The molecule has 1 atom stereocenters. The number of aromatic nitrogens is 3. The molecular weight excluding hydrogens is 357 g/mol. The molecule has 138 valence electrons. The molecule has 0 saturated carbocycles. The van der Waals surface area contributed by atoms with E-state index < -0.39 is 29.0 Å². The van der Waals surface area contributed by atoms with Gasteiger partial charge in [-0.25, -0.2) is 4.21 Å². The summed E-state index contributed by atoms with van der Waals surface area (Å²) < 4.78 is 60.7. The second-order valence-electron chi connectivity index (χ2n) is 6.21. The van der Waals surface area contributed by atoms with Crippen LogP contribution >= 0.6 is 0 Å². The molecule has 0 spiro atoms. The van der Waals surface area contributed by atoms with Crippen LogP contribution in [-0.2, 0) is 17.3 Å². The van der Waals surface area contributed by atoms with Crippen molar-refractivity contribution in [2.24, 2.45) is 0 Å². The first-order chi connectivity index (χ1) is 11.4. The van der Waals surface area contributed by atoms with E-state index in [1.165, 1.54) is 6.07 Å². The maximum atomic E-state index is 12.9. The second-order valence-corrected chi connectivity index (χ2v) is 7.15. The van der Waals surface area contributed by atoms with E-state index in [4.69, 9.17) is 5.73 Å². The van der Waals surface area contributed by atoms with Crippen LogP contribution in [0.25, 0.3) is 5.69 Å². The van der Waals surface area contributed by atoms with Crippen molar-refractivity contribution in [3.8, 4) is 5.69 Å². The van der Waals surface area contributed by atoms with Crippen molar-refractivity contribution in [1.29, 1.82) is 0 Å². The number of anilines is 1. The fourth-order valence-corrected chi connectivity index (χ4v) is 3.18. The lowest BCUT2D eigenvalue weighted by atomic mass is 9.94. The molecule has 6 nitrogen and oxygen atoms in total. The molecular formula is C15H19F3N4O2S. The van der Waals surface area contributed by atoms with Crippen LogP contribution in [0, 0.1) is 0 Å². The number of hydrogen-bond acceptors (Lipinski definition) is 4. The zero-order valence-corrected chi connectivity index (χ0v) is 14.9. The van der Waals surface area contributed by atoms with Crippen LogP contribution in [0.1, 0.15) is 56.5 Å². The normalized spacial score (nSPS) is 13.7. The summed E-state index contributed by atoms with van der Waals surface area (Å²) in [6, 6.07) is 3.06. The molecule has 10 heteroatoms. The molecule has 0 aliphatic rings. The lowest BCUT2D eigenvalue weighted by Crippen LogP contribution is -2.12. The van der Waals surface area contributed by atoms with Gasteiger partial charge in [0, 0.05) is 0 Å². The summed E-state index contributed by atoms with van der Waals surface area (Å²) in [6.07, 6.45) is -4.74. The third kappa shape index (κ3) is 3.84. The molecule has 0 aliphatic carbocycles. The average molecular weight is 376 g/mol. The minimum atomic E-state index is -4.74. The quantitative estimate of drug-likeness (QED) is 0.794. The van der Waals surface area contributed by atoms with Crippen LogP contribution in [-0.4, -0.2) is 23.5 Å². The monoisotopic (exact) mass is 376 g/mol. The Morgan fingerprint density at radius 1 is 1.16 bits per heavy atom. The van der Waals surface area contributed by atoms with Gasteiger partial charge in [-0.1, -0.05) is 33.8 Å². The number of halogens is 3. The molecule has 0 bridgehead atoms.